The summed E-state index contributed by atoms with van der Waals surface area (Å²) < 4.78 is 0.905. The van der Waals surface area contributed by atoms with Crippen molar-refractivity contribution in [3.63, 3.8) is 0 Å². The summed E-state index contributed by atoms with van der Waals surface area (Å²) in [5.74, 6) is 0.223. The number of quaternary nitrogens is 1. The van der Waals surface area contributed by atoms with Crippen molar-refractivity contribution < 1.29 is 14.5 Å². The summed E-state index contributed by atoms with van der Waals surface area (Å²) in [4.78, 5) is 25.4. The first kappa shape index (κ1) is 19.6. The van der Waals surface area contributed by atoms with Crippen molar-refractivity contribution in [2.75, 3.05) is 19.6 Å². The van der Waals surface area contributed by atoms with Gasteiger partial charge < -0.3 is 4.90 Å². The maximum Gasteiger partial charge on any atom is 0.293 e. The molecule has 0 radical (unpaired) electrons. The zero-order valence-electron chi connectivity index (χ0n) is 15.2. The van der Waals surface area contributed by atoms with Crippen LogP contribution in [0.2, 0.25) is 0 Å². The van der Waals surface area contributed by atoms with Gasteiger partial charge in [0.1, 0.15) is 0 Å². The number of hydrazine groups is 1. The predicted molar refractivity (Wildman–Crippen MR) is 108 cm³/mol. The lowest BCUT2D eigenvalue weighted by Gasteiger charge is -2.28. The van der Waals surface area contributed by atoms with E-state index in [1.165, 1.54) is 10.5 Å². The van der Waals surface area contributed by atoms with Crippen molar-refractivity contribution in [1.29, 1.82) is 0 Å². The Morgan fingerprint density at radius 1 is 0.963 bits per heavy atom. The van der Waals surface area contributed by atoms with Gasteiger partial charge in [-0.15, -0.1) is 0 Å². The second-order valence-electron chi connectivity index (χ2n) is 7.07. The lowest BCUT2D eigenvalue weighted by atomic mass is 9.90. The summed E-state index contributed by atoms with van der Waals surface area (Å²) >= 11 is 3.33. The van der Waals surface area contributed by atoms with Crippen LogP contribution in [0.25, 0.3) is 0 Å². The Balaban J connectivity index is 1.36. The summed E-state index contributed by atoms with van der Waals surface area (Å²) in [6, 6.07) is 17.6. The summed E-state index contributed by atoms with van der Waals surface area (Å²) in [7, 11) is 0. The van der Waals surface area contributed by atoms with Crippen molar-refractivity contribution >= 4 is 27.7 Å². The molecule has 142 valence electrons. The molecule has 0 spiro atoms. The SMILES string of the molecule is O=C(C[NH+]1CCC(Cc2ccccc2)CC1)NNC(=O)c1ccc(Br)cc1. The van der Waals surface area contributed by atoms with Crippen molar-refractivity contribution in [2.45, 2.75) is 19.3 Å². The Bertz CT molecular complexity index is 757. The maximum absolute atomic E-state index is 12.1. The first-order valence-corrected chi connectivity index (χ1v) is 10.1. The van der Waals surface area contributed by atoms with E-state index in [0.29, 0.717) is 18.0 Å². The molecule has 3 rings (SSSR count). The number of piperidine rings is 1. The molecule has 1 aliphatic rings. The number of carbonyl (C=O) groups is 2. The highest BCUT2D eigenvalue weighted by Gasteiger charge is 2.24. The van der Waals surface area contributed by atoms with Gasteiger partial charge in [-0.3, -0.25) is 20.4 Å². The van der Waals surface area contributed by atoms with Crippen LogP contribution in [-0.4, -0.2) is 31.4 Å². The van der Waals surface area contributed by atoms with Gasteiger partial charge in [0.25, 0.3) is 11.8 Å². The van der Waals surface area contributed by atoms with Crippen molar-refractivity contribution in [1.82, 2.24) is 10.9 Å². The number of nitrogens with one attached hydrogen (secondary N) is 3. The number of rotatable bonds is 5. The molecule has 5 nitrogen and oxygen atoms in total. The van der Waals surface area contributed by atoms with Crippen LogP contribution in [0.1, 0.15) is 28.8 Å². The normalized spacial score (nSPS) is 19.3. The number of hydrogen-bond donors (Lipinski definition) is 3. The first-order chi connectivity index (χ1) is 13.1. The fraction of sp³-hybridized carbons (Fsp3) is 0.333. The highest BCUT2D eigenvalue weighted by Crippen LogP contribution is 2.16. The lowest BCUT2D eigenvalue weighted by molar-refractivity contribution is -0.898. The number of carbonyl (C=O) groups excluding carboxylic acids is 2. The van der Waals surface area contributed by atoms with Crippen LogP contribution in [0, 0.1) is 5.92 Å². The molecule has 27 heavy (non-hydrogen) atoms. The number of benzene rings is 2. The number of amides is 2. The molecular formula is C21H25BrN3O2+. The molecule has 3 N–H and O–H groups in total. The fourth-order valence-electron chi connectivity index (χ4n) is 3.49. The molecule has 0 unspecified atom stereocenters. The molecule has 1 aliphatic heterocycles. The molecule has 2 amide bonds. The van der Waals surface area contributed by atoms with Gasteiger partial charge in [0.15, 0.2) is 6.54 Å². The van der Waals surface area contributed by atoms with Crippen LogP contribution in [0.15, 0.2) is 59.1 Å². The molecule has 6 heteroatoms. The van der Waals surface area contributed by atoms with Gasteiger partial charge in [-0.05, 0) is 55.0 Å². The van der Waals surface area contributed by atoms with Gasteiger partial charge in [-0.2, -0.15) is 0 Å². The standard InChI is InChI=1S/C21H24BrN3O2/c22-19-8-6-18(7-9-19)21(27)24-23-20(26)15-25-12-10-17(11-13-25)14-16-4-2-1-3-5-16/h1-9,17H,10-15H2,(H,23,26)(H,24,27)/p+1. The zero-order valence-corrected chi connectivity index (χ0v) is 16.8. The molecule has 2 aromatic rings. The summed E-state index contributed by atoms with van der Waals surface area (Å²) in [6.45, 7) is 2.37. The minimum Gasteiger partial charge on any atom is -0.327 e. The van der Waals surface area contributed by atoms with Crippen LogP contribution in [0.3, 0.4) is 0 Å². The molecule has 1 heterocycles. The molecular weight excluding hydrogens is 406 g/mol. The Morgan fingerprint density at radius 3 is 2.30 bits per heavy atom. The molecule has 0 aliphatic carbocycles. The molecule has 1 fully saturated rings. The average molecular weight is 431 g/mol. The monoisotopic (exact) mass is 430 g/mol. The minimum absolute atomic E-state index is 0.156. The summed E-state index contributed by atoms with van der Waals surface area (Å²) in [6.07, 6.45) is 3.37. The molecule has 2 aromatic carbocycles. The van der Waals surface area contributed by atoms with Crippen LogP contribution in [-0.2, 0) is 11.2 Å². The topological polar surface area (TPSA) is 62.6 Å². The van der Waals surface area contributed by atoms with E-state index in [9.17, 15) is 9.59 Å². The first-order valence-electron chi connectivity index (χ1n) is 9.32. The quantitative estimate of drug-likeness (QED) is 0.632. The van der Waals surface area contributed by atoms with E-state index in [0.717, 1.165) is 36.8 Å². The predicted octanol–water partition coefficient (Wildman–Crippen LogP) is 1.75. The van der Waals surface area contributed by atoms with E-state index in [-0.39, 0.29) is 11.8 Å². The van der Waals surface area contributed by atoms with Crippen molar-refractivity contribution in [3.8, 4) is 0 Å². The third-order valence-electron chi connectivity index (χ3n) is 5.01. The van der Waals surface area contributed by atoms with E-state index >= 15 is 0 Å². The summed E-state index contributed by atoms with van der Waals surface area (Å²) in [5.41, 5.74) is 6.90. The van der Waals surface area contributed by atoms with Gasteiger partial charge in [-0.25, -0.2) is 0 Å². The van der Waals surface area contributed by atoms with Crippen LogP contribution in [0.5, 0.6) is 0 Å². The average Bonchev–Trinajstić information content (AvgIpc) is 2.69. The number of halogens is 1. The van der Waals surface area contributed by atoms with Gasteiger partial charge >= 0.3 is 0 Å². The largest absolute Gasteiger partial charge is 0.327 e. The van der Waals surface area contributed by atoms with Crippen LogP contribution in [0.4, 0.5) is 0 Å². The van der Waals surface area contributed by atoms with Gasteiger partial charge in [0.05, 0.1) is 13.1 Å². The lowest BCUT2D eigenvalue weighted by Crippen LogP contribution is -3.14. The van der Waals surface area contributed by atoms with Gasteiger partial charge in [-0.1, -0.05) is 46.3 Å². The van der Waals surface area contributed by atoms with Crippen LogP contribution < -0.4 is 15.8 Å². The van der Waals surface area contributed by atoms with E-state index in [4.69, 9.17) is 0 Å². The van der Waals surface area contributed by atoms with E-state index < -0.39 is 0 Å². The Hall–Kier alpha value is -2.18. The van der Waals surface area contributed by atoms with Crippen LogP contribution >= 0.6 is 15.9 Å². The smallest absolute Gasteiger partial charge is 0.293 e. The third-order valence-corrected chi connectivity index (χ3v) is 5.54. The summed E-state index contributed by atoms with van der Waals surface area (Å²) in [5, 5.41) is 0. The Labute approximate surface area is 168 Å². The number of likely N-dealkylation sites (tertiary alicyclic amines) is 1. The molecule has 1 saturated heterocycles. The second kappa shape index (κ2) is 9.67. The molecule has 0 atom stereocenters. The Morgan fingerprint density at radius 2 is 1.63 bits per heavy atom. The highest BCUT2D eigenvalue weighted by molar-refractivity contribution is 9.10. The fourth-order valence-corrected chi connectivity index (χ4v) is 3.75. The zero-order chi connectivity index (χ0) is 19.1. The molecule has 0 bridgehead atoms. The van der Waals surface area contributed by atoms with E-state index in [1.54, 1.807) is 24.3 Å². The molecule has 0 saturated carbocycles. The third kappa shape index (κ3) is 6.19. The van der Waals surface area contributed by atoms with Crippen molar-refractivity contribution in [2.24, 2.45) is 5.92 Å². The van der Waals surface area contributed by atoms with Gasteiger partial charge in [0.2, 0.25) is 0 Å². The van der Waals surface area contributed by atoms with Crippen molar-refractivity contribution in [3.05, 3.63) is 70.2 Å². The minimum atomic E-state index is -0.313. The van der Waals surface area contributed by atoms with E-state index in [2.05, 4.69) is 51.0 Å². The maximum atomic E-state index is 12.1. The van der Waals surface area contributed by atoms with E-state index in [1.807, 2.05) is 6.07 Å². The molecule has 0 aromatic heterocycles. The second-order valence-corrected chi connectivity index (χ2v) is 7.98. The highest BCUT2D eigenvalue weighted by atomic mass is 79.9. The van der Waals surface area contributed by atoms with Gasteiger partial charge in [0, 0.05) is 10.0 Å². The Kier molecular flexibility index (Phi) is 7.01. The number of hydrogen-bond acceptors (Lipinski definition) is 2.